The Morgan fingerprint density at radius 3 is 2.62 bits per heavy atom. The minimum atomic E-state index is -0.191. The van der Waals surface area contributed by atoms with Gasteiger partial charge < -0.3 is 19.9 Å². The molecule has 1 aromatic rings. The Hall–Kier alpha value is -1.17. The zero-order chi connectivity index (χ0) is 15.7. The van der Waals surface area contributed by atoms with Gasteiger partial charge in [0.15, 0.2) is 0 Å². The van der Waals surface area contributed by atoms with Gasteiger partial charge in [0.05, 0.1) is 6.61 Å². The van der Waals surface area contributed by atoms with Crippen LogP contribution in [0.15, 0.2) is 18.2 Å². The Balaban J connectivity index is 2.62. The molecular formula is C16H28FN3O. The van der Waals surface area contributed by atoms with Crippen molar-refractivity contribution in [2.24, 2.45) is 0 Å². The monoisotopic (exact) mass is 297 g/mol. The van der Waals surface area contributed by atoms with Crippen molar-refractivity contribution >= 4 is 5.69 Å². The molecule has 1 rings (SSSR count). The van der Waals surface area contributed by atoms with Crippen molar-refractivity contribution < 1.29 is 9.13 Å². The highest BCUT2D eigenvalue weighted by Gasteiger charge is 2.08. The van der Waals surface area contributed by atoms with Gasteiger partial charge in [-0.15, -0.1) is 0 Å². The van der Waals surface area contributed by atoms with E-state index in [1.165, 1.54) is 6.07 Å². The van der Waals surface area contributed by atoms with Crippen molar-refractivity contribution in [3.05, 3.63) is 29.6 Å². The number of nitrogens with one attached hydrogen (secondary N) is 1. The lowest BCUT2D eigenvalue weighted by Crippen LogP contribution is -2.26. The molecule has 0 atom stereocenters. The highest BCUT2D eigenvalue weighted by Crippen LogP contribution is 2.21. The molecule has 0 fully saturated rings. The van der Waals surface area contributed by atoms with Crippen LogP contribution in [0, 0.1) is 5.82 Å². The van der Waals surface area contributed by atoms with E-state index >= 15 is 0 Å². The molecule has 21 heavy (non-hydrogen) atoms. The summed E-state index contributed by atoms with van der Waals surface area (Å²) in [6.45, 7) is 4.07. The minimum Gasteiger partial charge on any atom is -0.383 e. The molecule has 0 heterocycles. The largest absolute Gasteiger partial charge is 0.383 e. The van der Waals surface area contributed by atoms with Crippen molar-refractivity contribution in [2.75, 3.05) is 59.4 Å². The van der Waals surface area contributed by atoms with Gasteiger partial charge in [-0.3, -0.25) is 0 Å². The highest BCUT2D eigenvalue weighted by molar-refractivity contribution is 5.53. The number of halogens is 1. The average Bonchev–Trinajstić information content (AvgIpc) is 2.43. The highest BCUT2D eigenvalue weighted by atomic mass is 19.1. The van der Waals surface area contributed by atoms with E-state index in [1.807, 2.05) is 6.07 Å². The first-order chi connectivity index (χ1) is 10.0. The summed E-state index contributed by atoms with van der Waals surface area (Å²) in [6.07, 6.45) is 1.08. The lowest BCUT2D eigenvalue weighted by atomic mass is 10.1. The number of nitrogens with zero attached hydrogens (tertiary/aromatic N) is 2. The lowest BCUT2D eigenvalue weighted by Gasteiger charge is -2.23. The van der Waals surface area contributed by atoms with E-state index in [2.05, 4.69) is 36.3 Å². The van der Waals surface area contributed by atoms with Crippen LogP contribution in [0.4, 0.5) is 10.1 Å². The molecule has 4 nitrogen and oxygen atoms in total. The fraction of sp³-hybridized carbons (Fsp3) is 0.625. The minimum absolute atomic E-state index is 0.191. The maximum absolute atomic E-state index is 13.5. The molecule has 0 saturated carbocycles. The second-order valence-electron chi connectivity index (χ2n) is 5.52. The van der Waals surface area contributed by atoms with E-state index < -0.39 is 0 Å². The summed E-state index contributed by atoms with van der Waals surface area (Å²) in [4.78, 5) is 4.36. The van der Waals surface area contributed by atoms with Crippen LogP contribution in [0.5, 0.6) is 0 Å². The average molecular weight is 297 g/mol. The van der Waals surface area contributed by atoms with Crippen LogP contribution in [0.1, 0.15) is 12.0 Å². The number of rotatable bonds is 10. The molecule has 0 radical (unpaired) electrons. The fourth-order valence-electron chi connectivity index (χ4n) is 2.21. The zero-order valence-electron chi connectivity index (χ0n) is 13.7. The molecule has 0 saturated heterocycles. The molecule has 5 heteroatoms. The number of anilines is 1. The number of methoxy groups -OCH3 is 1. The topological polar surface area (TPSA) is 27.7 Å². The van der Waals surface area contributed by atoms with Crippen LogP contribution in [0.3, 0.4) is 0 Å². The first-order valence-electron chi connectivity index (χ1n) is 7.38. The van der Waals surface area contributed by atoms with E-state index in [-0.39, 0.29) is 5.82 Å². The van der Waals surface area contributed by atoms with Gasteiger partial charge in [-0.2, -0.15) is 0 Å². The SMILES string of the molecule is COCCNCc1cc(F)ccc1N(C)CCCN(C)C. The van der Waals surface area contributed by atoms with Crippen molar-refractivity contribution in [3.63, 3.8) is 0 Å². The van der Waals surface area contributed by atoms with Crippen molar-refractivity contribution in [1.29, 1.82) is 0 Å². The van der Waals surface area contributed by atoms with E-state index in [9.17, 15) is 4.39 Å². The molecule has 0 amide bonds. The third kappa shape index (κ3) is 6.89. The van der Waals surface area contributed by atoms with Gasteiger partial charge in [0, 0.05) is 39.5 Å². The maximum atomic E-state index is 13.5. The summed E-state index contributed by atoms with van der Waals surface area (Å²) in [5, 5.41) is 3.27. The smallest absolute Gasteiger partial charge is 0.123 e. The van der Waals surface area contributed by atoms with Crippen LogP contribution in [-0.2, 0) is 11.3 Å². The third-order valence-electron chi connectivity index (χ3n) is 3.35. The van der Waals surface area contributed by atoms with Crippen LogP contribution >= 0.6 is 0 Å². The summed E-state index contributed by atoms with van der Waals surface area (Å²) >= 11 is 0. The van der Waals surface area contributed by atoms with E-state index in [0.29, 0.717) is 13.2 Å². The van der Waals surface area contributed by atoms with Crippen LogP contribution < -0.4 is 10.2 Å². The first kappa shape index (κ1) is 17.9. The molecule has 1 N–H and O–H groups in total. The van der Waals surface area contributed by atoms with Crippen molar-refractivity contribution in [3.8, 4) is 0 Å². The standard InChI is InChI=1S/C16H28FN3O/c1-19(2)9-5-10-20(3)16-7-6-15(17)12-14(16)13-18-8-11-21-4/h6-7,12,18H,5,8-11,13H2,1-4H3. The molecule has 0 aliphatic carbocycles. The van der Waals surface area contributed by atoms with Gasteiger partial charge in [-0.1, -0.05) is 0 Å². The quantitative estimate of drug-likeness (QED) is 0.668. The summed E-state index contributed by atoms with van der Waals surface area (Å²) in [6, 6.07) is 4.99. The number of hydrogen-bond donors (Lipinski definition) is 1. The summed E-state index contributed by atoms with van der Waals surface area (Å²) < 4.78 is 18.5. The Kier molecular flexibility index (Phi) is 8.27. The second-order valence-corrected chi connectivity index (χ2v) is 5.52. The first-order valence-corrected chi connectivity index (χ1v) is 7.38. The molecule has 120 valence electrons. The molecule has 0 bridgehead atoms. The van der Waals surface area contributed by atoms with E-state index in [1.54, 1.807) is 13.2 Å². The summed E-state index contributed by atoms with van der Waals surface area (Å²) in [5.41, 5.74) is 2.07. The maximum Gasteiger partial charge on any atom is 0.123 e. The van der Waals surface area contributed by atoms with Gasteiger partial charge in [0.1, 0.15) is 5.82 Å². The van der Waals surface area contributed by atoms with Gasteiger partial charge in [0.25, 0.3) is 0 Å². The summed E-state index contributed by atoms with van der Waals surface area (Å²) in [5.74, 6) is -0.191. The zero-order valence-corrected chi connectivity index (χ0v) is 13.7. The number of ether oxygens (including phenoxy) is 1. The van der Waals surface area contributed by atoms with Crippen LogP contribution in [-0.4, -0.2) is 59.4 Å². The Bertz CT molecular complexity index is 413. The van der Waals surface area contributed by atoms with Crippen LogP contribution in [0.25, 0.3) is 0 Å². The Morgan fingerprint density at radius 1 is 1.19 bits per heavy atom. The van der Waals surface area contributed by atoms with Gasteiger partial charge in [-0.25, -0.2) is 4.39 Å². The van der Waals surface area contributed by atoms with Crippen molar-refractivity contribution in [2.45, 2.75) is 13.0 Å². The van der Waals surface area contributed by atoms with E-state index in [0.717, 1.165) is 37.3 Å². The van der Waals surface area contributed by atoms with Gasteiger partial charge >= 0.3 is 0 Å². The van der Waals surface area contributed by atoms with E-state index in [4.69, 9.17) is 4.74 Å². The summed E-state index contributed by atoms with van der Waals surface area (Å²) in [7, 11) is 7.88. The Morgan fingerprint density at radius 2 is 1.95 bits per heavy atom. The predicted molar refractivity (Wildman–Crippen MR) is 86.4 cm³/mol. The molecule has 0 spiro atoms. The molecular weight excluding hydrogens is 269 g/mol. The fourth-order valence-corrected chi connectivity index (χ4v) is 2.21. The van der Waals surface area contributed by atoms with Crippen LogP contribution in [0.2, 0.25) is 0 Å². The molecule has 0 unspecified atom stereocenters. The normalized spacial score (nSPS) is 11.1. The predicted octanol–water partition coefficient (Wildman–Crippen LogP) is 1.95. The molecule has 0 aliphatic rings. The third-order valence-corrected chi connectivity index (χ3v) is 3.35. The lowest BCUT2D eigenvalue weighted by molar-refractivity contribution is 0.199. The van der Waals surface area contributed by atoms with Gasteiger partial charge in [-0.05, 0) is 50.8 Å². The molecule has 1 aromatic carbocycles. The number of hydrogen-bond acceptors (Lipinski definition) is 4. The number of benzene rings is 1. The molecule has 0 aromatic heterocycles. The second kappa shape index (κ2) is 9.71. The van der Waals surface area contributed by atoms with Gasteiger partial charge in [0.2, 0.25) is 0 Å². The molecule has 0 aliphatic heterocycles. The van der Waals surface area contributed by atoms with Crippen molar-refractivity contribution in [1.82, 2.24) is 10.2 Å². The Labute approximate surface area is 127 Å².